The number of aromatic nitrogens is 2. The molecule has 3 amide bonds. The molecule has 1 N–H and O–H groups in total. The van der Waals surface area contributed by atoms with E-state index in [9.17, 15) is 9.59 Å². The topological polar surface area (TPSA) is 121 Å². The van der Waals surface area contributed by atoms with Crippen LogP contribution >= 0.6 is 11.3 Å². The van der Waals surface area contributed by atoms with Crippen LogP contribution in [0.4, 0.5) is 10.5 Å². The fourth-order valence-electron chi connectivity index (χ4n) is 3.29. The van der Waals surface area contributed by atoms with Gasteiger partial charge in [-0.1, -0.05) is 6.07 Å². The number of thiazole rings is 1. The van der Waals surface area contributed by atoms with Crippen LogP contribution in [0.15, 0.2) is 54.2 Å². The lowest BCUT2D eigenvalue weighted by Crippen LogP contribution is -2.37. The lowest BCUT2D eigenvalue weighted by atomic mass is 10.2. The fraction of sp³-hybridized carbons (Fsp3) is 0.320. The van der Waals surface area contributed by atoms with Crippen molar-refractivity contribution in [3.05, 3.63) is 70.4 Å². The number of carbonyl (C=O) groups is 2. The van der Waals surface area contributed by atoms with Crippen LogP contribution in [0.2, 0.25) is 0 Å². The van der Waals surface area contributed by atoms with E-state index >= 15 is 0 Å². The first-order chi connectivity index (χ1) is 17.5. The summed E-state index contributed by atoms with van der Waals surface area (Å²) in [6.45, 7) is 1.51. The molecule has 36 heavy (non-hydrogen) atoms. The van der Waals surface area contributed by atoms with Gasteiger partial charge in [-0.15, -0.1) is 11.3 Å². The van der Waals surface area contributed by atoms with E-state index in [4.69, 9.17) is 14.7 Å². The minimum absolute atomic E-state index is 0.208. The first-order valence-electron chi connectivity index (χ1n) is 11.2. The van der Waals surface area contributed by atoms with Crippen LogP contribution in [0.3, 0.4) is 0 Å². The number of carbonyl (C=O) groups excluding carboxylic acids is 2. The molecular weight excluding hydrogens is 480 g/mol. The molecule has 0 aliphatic heterocycles. The fourth-order valence-corrected chi connectivity index (χ4v) is 4.07. The van der Waals surface area contributed by atoms with E-state index in [1.54, 1.807) is 72.1 Å². The van der Waals surface area contributed by atoms with E-state index in [0.717, 1.165) is 5.56 Å². The maximum Gasteiger partial charge on any atom is 0.322 e. The second-order valence-electron chi connectivity index (χ2n) is 7.70. The largest absolute Gasteiger partial charge is 0.497 e. The van der Waals surface area contributed by atoms with Crippen LogP contribution in [0.25, 0.3) is 0 Å². The quantitative estimate of drug-likeness (QED) is 0.395. The number of pyridine rings is 1. The Hall–Kier alpha value is -4.01. The average Bonchev–Trinajstić information content (AvgIpc) is 3.38. The number of amides is 3. The van der Waals surface area contributed by atoms with E-state index in [0.29, 0.717) is 36.1 Å². The smallest absolute Gasteiger partial charge is 0.322 e. The molecule has 0 aliphatic rings. The summed E-state index contributed by atoms with van der Waals surface area (Å²) in [4.78, 5) is 37.8. The molecule has 2 aromatic heterocycles. The van der Waals surface area contributed by atoms with Gasteiger partial charge < -0.3 is 24.6 Å². The summed E-state index contributed by atoms with van der Waals surface area (Å²) in [5.74, 6) is 0.416. The van der Waals surface area contributed by atoms with Crippen LogP contribution in [-0.4, -0.2) is 65.6 Å². The van der Waals surface area contributed by atoms with Crippen molar-refractivity contribution < 1.29 is 19.1 Å². The SMILES string of the molecule is COCCN(Cc1nc(C(=O)N(CCC#N)Cc2cccnc2)cs1)C(=O)Nc1ccc(OC)cc1. The van der Waals surface area contributed by atoms with Crippen molar-refractivity contribution in [1.82, 2.24) is 19.8 Å². The monoisotopic (exact) mass is 508 g/mol. The molecule has 0 atom stereocenters. The summed E-state index contributed by atoms with van der Waals surface area (Å²) in [5, 5.41) is 14.2. The second-order valence-corrected chi connectivity index (χ2v) is 8.64. The minimum Gasteiger partial charge on any atom is -0.497 e. The Bertz CT molecular complexity index is 1160. The highest BCUT2D eigenvalue weighted by atomic mass is 32.1. The third-order valence-electron chi connectivity index (χ3n) is 5.17. The zero-order valence-corrected chi connectivity index (χ0v) is 21.0. The first kappa shape index (κ1) is 26.6. The Morgan fingerprint density at radius 1 is 1.11 bits per heavy atom. The number of benzene rings is 1. The van der Waals surface area contributed by atoms with Gasteiger partial charge in [0.25, 0.3) is 5.91 Å². The van der Waals surface area contributed by atoms with Crippen molar-refractivity contribution in [2.75, 3.05) is 39.2 Å². The molecule has 0 radical (unpaired) electrons. The van der Waals surface area contributed by atoms with Gasteiger partial charge in [-0.25, -0.2) is 9.78 Å². The van der Waals surface area contributed by atoms with E-state index in [-0.39, 0.29) is 37.1 Å². The summed E-state index contributed by atoms with van der Waals surface area (Å²) >= 11 is 1.30. The number of urea groups is 1. The van der Waals surface area contributed by atoms with Gasteiger partial charge in [0.1, 0.15) is 16.5 Å². The minimum atomic E-state index is -0.312. The maximum absolute atomic E-state index is 13.2. The maximum atomic E-state index is 13.2. The number of anilines is 1. The van der Waals surface area contributed by atoms with Gasteiger partial charge in [0.15, 0.2) is 0 Å². The molecule has 1 aromatic carbocycles. The van der Waals surface area contributed by atoms with Crippen molar-refractivity contribution in [3.63, 3.8) is 0 Å². The zero-order valence-electron chi connectivity index (χ0n) is 20.2. The third-order valence-corrected chi connectivity index (χ3v) is 6.00. The molecule has 11 heteroatoms. The Morgan fingerprint density at radius 3 is 2.58 bits per heavy atom. The van der Waals surface area contributed by atoms with Crippen LogP contribution < -0.4 is 10.1 Å². The molecule has 188 valence electrons. The predicted molar refractivity (Wildman–Crippen MR) is 136 cm³/mol. The summed E-state index contributed by atoms with van der Waals surface area (Å²) < 4.78 is 10.3. The summed E-state index contributed by atoms with van der Waals surface area (Å²) in [6, 6.07) is 12.5. The average molecular weight is 509 g/mol. The summed E-state index contributed by atoms with van der Waals surface area (Å²) in [5.41, 5.74) is 1.76. The zero-order chi connectivity index (χ0) is 25.8. The van der Waals surface area contributed by atoms with Gasteiger partial charge >= 0.3 is 6.03 Å². The van der Waals surface area contributed by atoms with Crippen molar-refractivity contribution in [2.24, 2.45) is 0 Å². The number of nitrogens with one attached hydrogen (secondary N) is 1. The molecule has 0 unspecified atom stereocenters. The lowest BCUT2D eigenvalue weighted by molar-refractivity contribution is 0.0741. The van der Waals surface area contributed by atoms with Crippen LogP contribution in [0.5, 0.6) is 5.75 Å². The normalized spacial score (nSPS) is 10.4. The van der Waals surface area contributed by atoms with Crippen molar-refractivity contribution in [2.45, 2.75) is 19.5 Å². The number of nitrogens with zero attached hydrogens (tertiary/aromatic N) is 5. The van der Waals surface area contributed by atoms with E-state index in [1.807, 2.05) is 6.07 Å². The molecule has 2 heterocycles. The molecule has 0 aliphatic carbocycles. The Balaban J connectivity index is 1.69. The molecule has 0 saturated carbocycles. The summed E-state index contributed by atoms with van der Waals surface area (Å²) in [6.07, 6.45) is 3.56. The van der Waals surface area contributed by atoms with Gasteiger partial charge in [-0.05, 0) is 35.9 Å². The Kier molecular flexibility index (Phi) is 10.2. The molecule has 0 saturated heterocycles. The van der Waals surface area contributed by atoms with Gasteiger partial charge in [-0.3, -0.25) is 9.78 Å². The first-order valence-corrected chi connectivity index (χ1v) is 12.1. The Morgan fingerprint density at radius 2 is 1.92 bits per heavy atom. The lowest BCUT2D eigenvalue weighted by Gasteiger charge is -2.22. The molecule has 3 aromatic rings. The number of nitriles is 1. The summed E-state index contributed by atoms with van der Waals surface area (Å²) in [7, 11) is 3.15. The third kappa shape index (κ3) is 7.76. The van der Waals surface area contributed by atoms with Gasteiger partial charge in [0.05, 0.1) is 32.8 Å². The van der Waals surface area contributed by atoms with Crippen molar-refractivity contribution in [1.29, 1.82) is 5.26 Å². The highest BCUT2D eigenvalue weighted by Gasteiger charge is 2.21. The molecule has 0 spiro atoms. The Labute approximate surface area is 214 Å². The highest BCUT2D eigenvalue weighted by Crippen LogP contribution is 2.18. The number of methoxy groups -OCH3 is 2. The van der Waals surface area contributed by atoms with E-state index in [1.165, 1.54) is 11.3 Å². The standard InChI is InChI=1S/C25H28N6O4S/c1-34-14-13-31(25(33)28-20-6-8-21(35-2)9-7-20)17-23-29-22(18-36-23)24(32)30(12-4-10-26)16-19-5-3-11-27-15-19/h3,5-9,11,15,18H,4,12-14,16-17H2,1-2H3,(H,28,33). The number of hydrogen-bond donors (Lipinski definition) is 1. The molecular formula is C25H28N6O4S. The molecule has 10 nitrogen and oxygen atoms in total. The number of hydrogen-bond acceptors (Lipinski definition) is 8. The van der Waals surface area contributed by atoms with Crippen molar-refractivity contribution in [3.8, 4) is 11.8 Å². The van der Waals surface area contributed by atoms with E-state index in [2.05, 4.69) is 21.4 Å². The van der Waals surface area contributed by atoms with Crippen LogP contribution in [0, 0.1) is 11.3 Å². The van der Waals surface area contributed by atoms with Gasteiger partial charge in [0.2, 0.25) is 0 Å². The van der Waals surface area contributed by atoms with Gasteiger partial charge in [-0.2, -0.15) is 5.26 Å². The van der Waals surface area contributed by atoms with E-state index < -0.39 is 0 Å². The molecule has 3 rings (SSSR count). The number of ether oxygens (including phenoxy) is 2. The molecule has 0 bridgehead atoms. The molecule has 0 fully saturated rings. The van der Waals surface area contributed by atoms with Crippen molar-refractivity contribution >= 4 is 29.0 Å². The second kappa shape index (κ2) is 13.8. The number of rotatable bonds is 12. The van der Waals surface area contributed by atoms with Gasteiger partial charge in [0, 0.05) is 50.2 Å². The van der Waals surface area contributed by atoms with Crippen LogP contribution in [-0.2, 0) is 17.8 Å². The predicted octanol–water partition coefficient (Wildman–Crippen LogP) is 3.78. The highest BCUT2D eigenvalue weighted by molar-refractivity contribution is 7.09. The van der Waals surface area contributed by atoms with Crippen LogP contribution in [0.1, 0.15) is 27.5 Å².